The molecule has 0 unspecified atom stereocenters. The third-order valence-corrected chi connectivity index (χ3v) is 6.23. The summed E-state index contributed by atoms with van der Waals surface area (Å²) < 4.78 is 0. The van der Waals surface area contributed by atoms with E-state index in [4.69, 9.17) is 28.0 Å². The van der Waals surface area contributed by atoms with Gasteiger partial charge in [0, 0.05) is 5.02 Å². The number of anilines is 2. The molecule has 0 aliphatic carbocycles. The largest absolute Gasteiger partial charge is 0.273 e. The number of nitrogens with zero attached hydrogens (tertiary/aromatic N) is 2. The maximum Gasteiger partial charge on any atom is 0.266 e. The van der Waals surface area contributed by atoms with Crippen molar-refractivity contribution in [2.75, 3.05) is 9.96 Å². The highest BCUT2D eigenvalue weighted by atomic mass is 35.5. The highest BCUT2D eigenvalue weighted by Crippen LogP contribution is 2.48. The zero-order valence-electron chi connectivity index (χ0n) is 16.5. The standard InChI is InChI=1S/C24H18Cl2N2O3/c1-14-7-9-15(10-8-14)21-20-22(31-28(21)17-5-3-2-4-6-17)24(30)27(23(20)29)19-12-11-16(25)13-18(19)26/h2-13,20-22H,1H3/t20-,21+,22-/m0/s1. The normalized spacial score (nSPS) is 22.9. The zero-order chi connectivity index (χ0) is 21.7. The van der Waals surface area contributed by atoms with Gasteiger partial charge in [-0.05, 0) is 42.8 Å². The predicted octanol–water partition coefficient (Wildman–Crippen LogP) is 5.35. The molecule has 31 heavy (non-hydrogen) atoms. The average molecular weight is 453 g/mol. The summed E-state index contributed by atoms with van der Waals surface area (Å²) in [6, 6.07) is 21.6. The van der Waals surface area contributed by atoms with Crippen LogP contribution in [0.3, 0.4) is 0 Å². The maximum absolute atomic E-state index is 13.6. The van der Waals surface area contributed by atoms with Crippen LogP contribution in [0.5, 0.6) is 0 Å². The van der Waals surface area contributed by atoms with Crippen molar-refractivity contribution >= 4 is 46.4 Å². The number of carbonyl (C=O) groups excluding carboxylic acids is 2. The van der Waals surface area contributed by atoms with Crippen LogP contribution in [0.1, 0.15) is 17.2 Å². The van der Waals surface area contributed by atoms with E-state index >= 15 is 0 Å². The topological polar surface area (TPSA) is 49.9 Å². The van der Waals surface area contributed by atoms with E-state index in [0.29, 0.717) is 10.7 Å². The number of benzene rings is 3. The molecule has 3 atom stereocenters. The van der Waals surface area contributed by atoms with Crippen LogP contribution < -0.4 is 9.96 Å². The first-order valence-electron chi connectivity index (χ1n) is 9.86. The minimum atomic E-state index is -0.939. The first-order chi connectivity index (χ1) is 15.0. The van der Waals surface area contributed by atoms with Gasteiger partial charge in [0.25, 0.3) is 5.91 Å². The molecule has 0 saturated carbocycles. The Balaban J connectivity index is 1.59. The summed E-state index contributed by atoms with van der Waals surface area (Å²) in [4.78, 5) is 34.1. The molecule has 5 rings (SSSR count). The van der Waals surface area contributed by atoms with Crippen molar-refractivity contribution < 1.29 is 14.4 Å². The fourth-order valence-electron chi connectivity index (χ4n) is 4.22. The summed E-state index contributed by atoms with van der Waals surface area (Å²) in [6.45, 7) is 2.00. The molecule has 2 aliphatic rings. The van der Waals surface area contributed by atoms with Gasteiger partial charge in [0.15, 0.2) is 6.10 Å². The number of imide groups is 1. The lowest BCUT2D eigenvalue weighted by Gasteiger charge is -2.29. The van der Waals surface area contributed by atoms with E-state index in [1.165, 1.54) is 6.07 Å². The summed E-state index contributed by atoms with van der Waals surface area (Å²) in [5, 5.41) is 2.34. The van der Waals surface area contributed by atoms with Gasteiger partial charge in [-0.25, -0.2) is 9.96 Å². The minimum Gasteiger partial charge on any atom is -0.273 e. The van der Waals surface area contributed by atoms with Crippen LogP contribution in [0.2, 0.25) is 10.0 Å². The Hall–Kier alpha value is -2.86. The highest BCUT2D eigenvalue weighted by molar-refractivity contribution is 6.38. The molecule has 2 fully saturated rings. The smallest absolute Gasteiger partial charge is 0.266 e. The zero-order valence-corrected chi connectivity index (χ0v) is 18.0. The van der Waals surface area contributed by atoms with Crippen LogP contribution in [-0.2, 0) is 14.4 Å². The Bertz CT molecular complexity index is 1170. The van der Waals surface area contributed by atoms with E-state index in [1.54, 1.807) is 17.2 Å². The predicted molar refractivity (Wildman–Crippen MR) is 120 cm³/mol. The molecule has 0 aromatic heterocycles. The molecule has 5 nitrogen and oxygen atoms in total. The average Bonchev–Trinajstić information content (AvgIpc) is 3.26. The van der Waals surface area contributed by atoms with Gasteiger partial charge in [0.1, 0.15) is 5.92 Å². The number of carbonyl (C=O) groups is 2. The molecule has 2 saturated heterocycles. The molecule has 7 heteroatoms. The number of fused-ring (bicyclic) bond motifs is 1. The molecule has 0 spiro atoms. The lowest BCUT2D eigenvalue weighted by molar-refractivity contribution is -0.126. The quantitative estimate of drug-likeness (QED) is 0.502. The van der Waals surface area contributed by atoms with Gasteiger partial charge >= 0.3 is 0 Å². The Morgan fingerprint density at radius 3 is 2.26 bits per heavy atom. The molecule has 3 aromatic rings. The Morgan fingerprint density at radius 2 is 1.58 bits per heavy atom. The van der Waals surface area contributed by atoms with Gasteiger partial charge in [0.05, 0.1) is 22.4 Å². The second-order valence-corrected chi connectivity index (χ2v) is 8.52. The minimum absolute atomic E-state index is 0.237. The SMILES string of the molecule is Cc1ccc([C@@H]2[C@@H]3C(=O)N(c4ccc(Cl)cc4Cl)C(=O)[C@H]3ON2c2ccccc2)cc1. The number of halogens is 2. The number of amides is 2. The summed E-state index contributed by atoms with van der Waals surface area (Å²) >= 11 is 12.3. The number of para-hydroxylation sites is 1. The number of hydroxylamine groups is 1. The summed E-state index contributed by atoms with van der Waals surface area (Å²) in [6.07, 6.45) is -0.939. The molecular formula is C24H18Cl2N2O3. The molecule has 2 amide bonds. The van der Waals surface area contributed by atoms with Crippen molar-refractivity contribution in [2.45, 2.75) is 19.1 Å². The van der Waals surface area contributed by atoms with Crippen LogP contribution in [0, 0.1) is 12.8 Å². The van der Waals surface area contributed by atoms with Gasteiger partial charge in [0.2, 0.25) is 5.91 Å². The van der Waals surface area contributed by atoms with Crippen molar-refractivity contribution in [3.63, 3.8) is 0 Å². The molecule has 2 heterocycles. The number of aryl methyl sites for hydroxylation is 1. The monoisotopic (exact) mass is 452 g/mol. The summed E-state index contributed by atoms with van der Waals surface area (Å²) in [7, 11) is 0. The number of hydrogen-bond donors (Lipinski definition) is 0. The molecule has 156 valence electrons. The number of hydrogen-bond acceptors (Lipinski definition) is 4. The van der Waals surface area contributed by atoms with Crippen molar-refractivity contribution in [3.05, 3.63) is 94.0 Å². The molecule has 0 radical (unpaired) electrons. The van der Waals surface area contributed by atoms with Crippen LogP contribution >= 0.6 is 23.2 Å². The van der Waals surface area contributed by atoms with Gasteiger partial charge in [-0.1, -0.05) is 71.2 Å². The Labute approximate surface area is 189 Å². The van der Waals surface area contributed by atoms with Crippen LogP contribution in [0.25, 0.3) is 0 Å². The van der Waals surface area contributed by atoms with E-state index in [1.807, 2.05) is 61.5 Å². The van der Waals surface area contributed by atoms with E-state index in [0.717, 1.165) is 21.7 Å². The Morgan fingerprint density at radius 1 is 0.871 bits per heavy atom. The van der Waals surface area contributed by atoms with E-state index in [2.05, 4.69) is 0 Å². The van der Waals surface area contributed by atoms with Crippen molar-refractivity contribution in [1.29, 1.82) is 0 Å². The van der Waals surface area contributed by atoms with Crippen molar-refractivity contribution in [3.8, 4) is 0 Å². The molecule has 3 aromatic carbocycles. The molecule has 2 aliphatic heterocycles. The highest BCUT2D eigenvalue weighted by Gasteiger charge is 2.60. The van der Waals surface area contributed by atoms with E-state index in [9.17, 15) is 9.59 Å². The van der Waals surface area contributed by atoms with Gasteiger partial charge in [-0.15, -0.1) is 0 Å². The Kier molecular flexibility index (Phi) is 4.97. The molecule has 0 bridgehead atoms. The van der Waals surface area contributed by atoms with Crippen LogP contribution in [-0.4, -0.2) is 17.9 Å². The molecular weight excluding hydrogens is 435 g/mol. The number of rotatable bonds is 3. The second-order valence-electron chi connectivity index (χ2n) is 7.68. The lowest BCUT2D eigenvalue weighted by atomic mass is 9.90. The van der Waals surface area contributed by atoms with Gasteiger partial charge in [-0.3, -0.25) is 14.4 Å². The fraction of sp³-hybridized carbons (Fsp3) is 0.167. The summed E-state index contributed by atoms with van der Waals surface area (Å²) in [5.41, 5.74) is 3.09. The summed E-state index contributed by atoms with van der Waals surface area (Å²) in [5.74, 6) is -1.49. The van der Waals surface area contributed by atoms with Gasteiger partial charge in [-0.2, -0.15) is 0 Å². The third kappa shape index (κ3) is 3.30. The second kappa shape index (κ2) is 7.68. The van der Waals surface area contributed by atoms with Gasteiger partial charge < -0.3 is 0 Å². The molecule has 0 N–H and O–H groups in total. The fourth-order valence-corrected chi connectivity index (χ4v) is 4.71. The third-order valence-electron chi connectivity index (χ3n) is 5.70. The first kappa shape index (κ1) is 20.1. The van der Waals surface area contributed by atoms with Crippen molar-refractivity contribution in [2.24, 2.45) is 5.92 Å². The van der Waals surface area contributed by atoms with Crippen LogP contribution in [0.4, 0.5) is 11.4 Å². The van der Waals surface area contributed by atoms with Crippen LogP contribution in [0.15, 0.2) is 72.8 Å². The first-order valence-corrected chi connectivity index (χ1v) is 10.6. The van der Waals surface area contributed by atoms with E-state index < -0.39 is 24.0 Å². The van der Waals surface area contributed by atoms with Crippen molar-refractivity contribution in [1.82, 2.24) is 0 Å². The lowest BCUT2D eigenvalue weighted by Crippen LogP contribution is -2.37. The maximum atomic E-state index is 13.6. The van der Waals surface area contributed by atoms with E-state index in [-0.39, 0.29) is 10.9 Å².